The highest BCUT2D eigenvalue weighted by Gasteiger charge is 2.29. The van der Waals surface area contributed by atoms with Crippen molar-refractivity contribution in [3.8, 4) is 0 Å². The summed E-state index contributed by atoms with van der Waals surface area (Å²) in [6.07, 6.45) is 2.09. The van der Waals surface area contributed by atoms with Gasteiger partial charge in [0.25, 0.3) is 0 Å². The van der Waals surface area contributed by atoms with Gasteiger partial charge in [0.05, 0.1) is 13.2 Å². The summed E-state index contributed by atoms with van der Waals surface area (Å²) in [5.74, 6) is -1.53. The molecule has 0 fully saturated rings. The maximum Gasteiger partial charge on any atom is 0.361 e. The minimum atomic E-state index is -1.04. The summed E-state index contributed by atoms with van der Waals surface area (Å²) in [5.41, 5.74) is -0.417. The molecule has 0 spiro atoms. The standard InChI is InChI=1S/C14H23N3O5/c1-4-7-8-9-10(18)17-12(14(20)22-6-3)11(15-16-17)13(19)21-5-2/h10,18H,4-9H2,1-3H3. The Hall–Kier alpha value is -1.96. The fourth-order valence-corrected chi connectivity index (χ4v) is 1.93. The van der Waals surface area contributed by atoms with Gasteiger partial charge >= 0.3 is 11.9 Å². The van der Waals surface area contributed by atoms with Crippen molar-refractivity contribution >= 4 is 11.9 Å². The summed E-state index contributed by atoms with van der Waals surface area (Å²) in [7, 11) is 0. The van der Waals surface area contributed by atoms with Gasteiger partial charge in [0.15, 0.2) is 5.69 Å². The van der Waals surface area contributed by atoms with Crippen molar-refractivity contribution in [2.45, 2.75) is 52.7 Å². The summed E-state index contributed by atoms with van der Waals surface area (Å²) in [6, 6.07) is 0. The van der Waals surface area contributed by atoms with E-state index in [1.165, 1.54) is 0 Å². The van der Waals surface area contributed by atoms with Crippen LogP contribution in [0.5, 0.6) is 0 Å². The number of aromatic nitrogens is 3. The first-order chi connectivity index (χ1) is 10.6. The third kappa shape index (κ3) is 4.52. The molecule has 1 heterocycles. The van der Waals surface area contributed by atoms with E-state index in [0.717, 1.165) is 23.9 Å². The van der Waals surface area contributed by atoms with Crippen molar-refractivity contribution in [3.63, 3.8) is 0 Å². The Kier molecular flexibility index (Phi) is 7.51. The number of aliphatic hydroxyl groups is 1. The maximum atomic E-state index is 12.0. The van der Waals surface area contributed by atoms with Crippen LogP contribution >= 0.6 is 0 Å². The summed E-state index contributed by atoms with van der Waals surface area (Å²) < 4.78 is 10.8. The molecule has 0 saturated heterocycles. The van der Waals surface area contributed by atoms with E-state index in [1.807, 2.05) is 6.92 Å². The quantitative estimate of drug-likeness (QED) is 0.546. The molecule has 1 atom stereocenters. The fourth-order valence-electron chi connectivity index (χ4n) is 1.93. The van der Waals surface area contributed by atoms with Crippen LogP contribution in [0.2, 0.25) is 0 Å². The third-order valence-corrected chi connectivity index (χ3v) is 2.98. The van der Waals surface area contributed by atoms with Crippen molar-refractivity contribution < 1.29 is 24.2 Å². The van der Waals surface area contributed by atoms with Gasteiger partial charge in [-0.05, 0) is 26.7 Å². The number of esters is 2. The Morgan fingerprint density at radius 3 is 2.36 bits per heavy atom. The van der Waals surface area contributed by atoms with Gasteiger partial charge in [0.2, 0.25) is 5.69 Å². The highest BCUT2D eigenvalue weighted by atomic mass is 16.5. The van der Waals surface area contributed by atoms with E-state index < -0.39 is 18.2 Å². The molecule has 8 nitrogen and oxygen atoms in total. The molecule has 22 heavy (non-hydrogen) atoms. The second kappa shape index (κ2) is 9.14. The van der Waals surface area contributed by atoms with Crippen molar-refractivity contribution in [3.05, 3.63) is 11.4 Å². The Balaban J connectivity index is 3.05. The molecule has 0 amide bonds. The minimum Gasteiger partial charge on any atom is -0.461 e. The van der Waals surface area contributed by atoms with Crippen LogP contribution in [0.25, 0.3) is 0 Å². The van der Waals surface area contributed by atoms with E-state index >= 15 is 0 Å². The molecule has 1 N–H and O–H groups in total. The molecule has 0 aliphatic carbocycles. The van der Waals surface area contributed by atoms with Crippen LogP contribution in [0.4, 0.5) is 0 Å². The SMILES string of the molecule is CCCCCC(O)n1nnc(C(=O)OCC)c1C(=O)OCC. The zero-order valence-corrected chi connectivity index (χ0v) is 13.2. The van der Waals surface area contributed by atoms with Crippen molar-refractivity contribution in [2.75, 3.05) is 13.2 Å². The molecule has 0 aliphatic heterocycles. The lowest BCUT2D eigenvalue weighted by Gasteiger charge is -2.13. The molecule has 0 saturated carbocycles. The number of unbranched alkanes of at least 4 members (excludes halogenated alkanes) is 2. The normalized spacial score (nSPS) is 12.0. The highest BCUT2D eigenvalue weighted by Crippen LogP contribution is 2.18. The third-order valence-electron chi connectivity index (χ3n) is 2.98. The summed E-state index contributed by atoms with van der Waals surface area (Å²) in [5, 5.41) is 17.6. The monoisotopic (exact) mass is 313 g/mol. The topological polar surface area (TPSA) is 104 Å². The molecule has 1 aromatic heterocycles. The lowest BCUT2D eigenvalue weighted by Crippen LogP contribution is -2.21. The fraction of sp³-hybridized carbons (Fsp3) is 0.714. The van der Waals surface area contributed by atoms with Gasteiger partial charge in [-0.25, -0.2) is 14.3 Å². The zero-order chi connectivity index (χ0) is 16.5. The van der Waals surface area contributed by atoms with Crippen LogP contribution in [0.1, 0.15) is 73.7 Å². The zero-order valence-electron chi connectivity index (χ0n) is 13.2. The van der Waals surface area contributed by atoms with E-state index in [1.54, 1.807) is 13.8 Å². The average Bonchev–Trinajstić information content (AvgIpc) is 2.93. The van der Waals surface area contributed by atoms with E-state index in [0.29, 0.717) is 6.42 Å². The van der Waals surface area contributed by atoms with Crippen LogP contribution < -0.4 is 0 Å². The summed E-state index contributed by atoms with van der Waals surface area (Å²) in [4.78, 5) is 23.9. The van der Waals surface area contributed by atoms with E-state index in [4.69, 9.17) is 9.47 Å². The molecule has 1 rings (SSSR count). The predicted molar refractivity (Wildman–Crippen MR) is 77.3 cm³/mol. The number of rotatable bonds is 9. The number of carbonyl (C=O) groups is 2. The number of nitrogens with zero attached hydrogens (tertiary/aromatic N) is 3. The van der Waals surface area contributed by atoms with Crippen LogP contribution in [0, 0.1) is 0 Å². The van der Waals surface area contributed by atoms with Gasteiger partial charge in [-0.15, -0.1) is 5.10 Å². The number of carbonyl (C=O) groups excluding carboxylic acids is 2. The van der Waals surface area contributed by atoms with Crippen LogP contribution in [-0.4, -0.2) is 45.3 Å². The molecule has 0 bridgehead atoms. The molecule has 124 valence electrons. The van der Waals surface area contributed by atoms with Crippen LogP contribution in [-0.2, 0) is 9.47 Å². The molecule has 1 aromatic rings. The number of aliphatic hydroxyl groups excluding tert-OH is 1. The molecule has 0 aromatic carbocycles. The Bertz CT molecular complexity index is 501. The van der Waals surface area contributed by atoms with E-state index in [9.17, 15) is 14.7 Å². The summed E-state index contributed by atoms with van der Waals surface area (Å²) >= 11 is 0. The van der Waals surface area contributed by atoms with Crippen molar-refractivity contribution in [1.82, 2.24) is 15.0 Å². The molecular weight excluding hydrogens is 290 g/mol. The van der Waals surface area contributed by atoms with Crippen molar-refractivity contribution in [1.29, 1.82) is 0 Å². The Morgan fingerprint density at radius 2 is 1.77 bits per heavy atom. The first-order valence-corrected chi connectivity index (χ1v) is 7.54. The molecule has 0 radical (unpaired) electrons. The molecule has 0 aliphatic rings. The van der Waals surface area contributed by atoms with Crippen LogP contribution in [0.15, 0.2) is 0 Å². The lowest BCUT2D eigenvalue weighted by molar-refractivity contribution is 0.0409. The van der Waals surface area contributed by atoms with Crippen molar-refractivity contribution in [2.24, 2.45) is 0 Å². The first-order valence-electron chi connectivity index (χ1n) is 7.54. The number of hydrogen-bond acceptors (Lipinski definition) is 7. The van der Waals surface area contributed by atoms with Gasteiger partial charge in [0, 0.05) is 0 Å². The Labute approximate surface area is 129 Å². The summed E-state index contributed by atoms with van der Waals surface area (Å²) in [6.45, 7) is 5.62. The molecular formula is C14H23N3O5. The predicted octanol–water partition coefficient (Wildman–Crippen LogP) is 1.70. The average molecular weight is 313 g/mol. The second-order valence-electron chi connectivity index (χ2n) is 4.65. The number of ether oxygens (including phenoxy) is 2. The van der Waals surface area contributed by atoms with E-state index in [-0.39, 0.29) is 24.6 Å². The molecule has 8 heteroatoms. The maximum absolute atomic E-state index is 12.0. The molecule has 1 unspecified atom stereocenters. The van der Waals surface area contributed by atoms with E-state index in [2.05, 4.69) is 10.3 Å². The van der Waals surface area contributed by atoms with Gasteiger partial charge in [-0.2, -0.15) is 0 Å². The van der Waals surface area contributed by atoms with Gasteiger partial charge < -0.3 is 14.6 Å². The lowest BCUT2D eigenvalue weighted by atomic mass is 10.2. The largest absolute Gasteiger partial charge is 0.461 e. The Morgan fingerprint density at radius 1 is 1.14 bits per heavy atom. The smallest absolute Gasteiger partial charge is 0.361 e. The van der Waals surface area contributed by atoms with Crippen LogP contribution in [0.3, 0.4) is 0 Å². The minimum absolute atomic E-state index is 0.137. The first kappa shape index (κ1) is 18.1. The van der Waals surface area contributed by atoms with Gasteiger partial charge in [0.1, 0.15) is 6.23 Å². The van der Waals surface area contributed by atoms with Gasteiger partial charge in [-0.3, -0.25) is 0 Å². The highest BCUT2D eigenvalue weighted by molar-refractivity contribution is 6.00. The van der Waals surface area contributed by atoms with Gasteiger partial charge in [-0.1, -0.05) is 25.0 Å². The second-order valence-corrected chi connectivity index (χ2v) is 4.65. The number of hydrogen-bond donors (Lipinski definition) is 1.